The summed E-state index contributed by atoms with van der Waals surface area (Å²) in [4.78, 5) is 63.2. The van der Waals surface area contributed by atoms with Crippen LogP contribution in [0.2, 0.25) is 0 Å². The molecule has 15 nitrogen and oxygen atoms in total. The average Bonchev–Trinajstić information content (AvgIpc) is 3.90. The number of rotatable bonds is 10. The number of hydrazine groups is 1. The van der Waals surface area contributed by atoms with Crippen LogP contribution in [0, 0.1) is 17.3 Å². The number of sulfonamides is 1. The fourth-order valence-electron chi connectivity index (χ4n) is 9.82. The summed E-state index contributed by atoms with van der Waals surface area (Å²) in [5, 5.41) is 6.61. The molecule has 4 aromatic rings. The van der Waals surface area contributed by atoms with Gasteiger partial charge in [-0.3, -0.25) is 29.2 Å². The van der Waals surface area contributed by atoms with Crippen molar-refractivity contribution >= 4 is 44.6 Å². The van der Waals surface area contributed by atoms with E-state index >= 15 is 0 Å². The van der Waals surface area contributed by atoms with E-state index in [9.17, 15) is 27.6 Å². The number of nitrogens with zero attached hydrogens (tertiary/aromatic N) is 5. The van der Waals surface area contributed by atoms with Crippen LogP contribution in [0.15, 0.2) is 72.3 Å². The number of aryl methyl sites for hydroxylation is 1. The predicted molar refractivity (Wildman–Crippen MR) is 254 cm³/mol. The van der Waals surface area contributed by atoms with Crippen LogP contribution in [-0.2, 0) is 58.6 Å². The minimum Gasteiger partial charge on any atom is -0.464 e. The van der Waals surface area contributed by atoms with Crippen LogP contribution < -0.4 is 10.7 Å². The van der Waals surface area contributed by atoms with Gasteiger partial charge >= 0.3 is 5.97 Å². The third-order valence-corrected chi connectivity index (χ3v) is 14.9. The number of aromatic nitrogens is 2. The Morgan fingerprint density at radius 1 is 1.05 bits per heavy atom. The maximum Gasteiger partial charge on any atom is 0.324 e. The summed E-state index contributed by atoms with van der Waals surface area (Å²) >= 11 is 0. The number of carbonyl (C=O) groups excluding carboxylic acids is 4. The number of allylic oxidation sites excluding steroid dienone is 1. The second-order valence-corrected chi connectivity index (χ2v) is 21.0. The smallest absolute Gasteiger partial charge is 0.324 e. The van der Waals surface area contributed by atoms with E-state index < -0.39 is 57.3 Å². The third kappa shape index (κ3) is 10.1. The SMILES string of the molecule is C/C=C/S(=O)(=O)N1CC[C@H](C(=O)N(C)C(C(=O)N[C@H]2Cc3cccc(c3)-c3ccc4c(c3)c(c(-c3cccnc3[C@H](C)OC)n4C)CC(C)(C)COC(=O)[C@@H]3CCCN(N3)C2=O)C(C)C)C1. The number of methoxy groups -OCH3 is 1. The summed E-state index contributed by atoms with van der Waals surface area (Å²) in [5.74, 6) is -2.74. The number of carbonyl (C=O) groups is 4. The number of pyridine rings is 1. The Morgan fingerprint density at radius 3 is 2.53 bits per heavy atom. The first-order valence-electron chi connectivity index (χ1n) is 23.0. The summed E-state index contributed by atoms with van der Waals surface area (Å²) in [6.45, 7) is 12.1. The standard InChI is InChI=1S/C50H65N7O8S/c1-10-24-66(62,63)56-23-20-36(29-56)47(59)55(8)44(31(2)3)46(58)52-41-26-33-14-11-15-34(25-33)35-18-19-42-38(27-35)39(45(54(42)7)37-16-12-21-51-43(37)32(4)64-9)28-50(5,6)30-65-49(61)40-17-13-22-57(53-40)48(41)60/h10-12,14-16,18-19,21,24-25,27,31-32,36,40-41,44,53H,13,17,20,22-23,26,28-30H2,1-9H3,(H,52,58)/b24-10+/t32-,36-,40-,41-,44?/m0/s1. The molecule has 354 valence electrons. The van der Waals surface area contributed by atoms with Crippen molar-refractivity contribution in [3.05, 3.63) is 89.1 Å². The molecule has 3 aliphatic heterocycles. The molecule has 5 atom stereocenters. The normalized spacial score (nSPS) is 21.7. The summed E-state index contributed by atoms with van der Waals surface area (Å²) in [5.41, 5.74) is 10.2. The number of hydrogen-bond donors (Lipinski definition) is 2. The van der Waals surface area contributed by atoms with Gasteiger partial charge in [-0.2, -0.15) is 4.31 Å². The third-order valence-electron chi connectivity index (χ3n) is 13.3. The van der Waals surface area contributed by atoms with Crippen LogP contribution >= 0.6 is 0 Å². The summed E-state index contributed by atoms with van der Waals surface area (Å²) in [7, 11) is 1.63. The Bertz CT molecular complexity index is 2620. The molecule has 2 N–H and O–H groups in total. The molecule has 1 unspecified atom stereocenters. The summed E-state index contributed by atoms with van der Waals surface area (Å²) in [6, 6.07) is 15.5. The Labute approximate surface area is 388 Å². The molecule has 2 saturated heterocycles. The molecule has 0 spiro atoms. The van der Waals surface area contributed by atoms with Gasteiger partial charge in [-0.1, -0.05) is 64.1 Å². The van der Waals surface area contributed by atoms with E-state index in [0.29, 0.717) is 32.2 Å². The van der Waals surface area contributed by atoms with Crippen LogP contribution in [0.1, 0.15) is 83.7 Å². The molecule has 3 amide bonds. The lowest BCUT2D eigenvalue weighted by atomic mass is 9.84. The molecule has 66 heavy (non-hydrogen) atoms. The highest BCUT2D eigenvalue weighted by atomic mass is 32.2. The van der Waals surface area contributed by atoms with Gasteiger partial charge < -0.3 is 24.3 Å². The number of likely N-dealkylation sites (N-methyl/N-ethyl adjacent to an activating group) is 1. The van der Waals surface area contributed by atoms with Crippen molar-refractivity contribution in [3.8, 4) is 22.4 Å². The first-order chi connectivity index (χ1) is 31.3. The quantitative estimate of drug-likeness (QED) is 0.182. The van der Waals surface area contributed by atoms with Crippen molar-refractivity contribution in [2.45, 2.75) is 97.9 Å². The largest absolute Gasteiger partial charge is 0.464 e. The summed E-state index contributed by atoms with van der Waals surface area (Å²) in [6.07, 6.45) is 4.97. The number of benzene rings is 2. The van der Waals surface area contributed by atoms with Crippen LogP contribution in [0.4, 0.5) is 0 Å². The van der Waals surface area contributed by atoms with E-state index in [1.165, 1.54) is 20.3 Å². The molecule has 0 radical (unpaired) electrons. The topological polar surface area (TPSA) is 172 Å². The number of esters is 1. The van der Waals surface area contributed by atoms with Gasteiger partial charge in [0, 0.05) is 80.7 Å². The lowest BCUT2D eigenvalue weighted by molar-refractivity contribution is -0.155. The van der Waals surface area contributed by atoms with E-state index in [2.05, 4.69) is 60.5 Å². The maximum atomic E-state index is 14.7. The number of fused-ring (bicyclic) bond motifs is 6. The van der Waals surface area contributed by atoms with Crippen LogP contribution in [0.25, 0.3) is 33.3 Å². The van der Waals surface area contributed by atoms with E-state index in [1.807, 2.05) is 51.1 Å². The molecule has 0 saturated carbocycles. The fourth-order valence-corrected chi connectivity index (χ4v) is 11.1. The lowest BCUT2D eigenvalue weighted by Crippen LogP contribution is -2.62. The molecule has 2 aromatic carbocycles. The Balaban J connectivity index is 1.26. The van der Waals surface area contributed by atoms with Gasteiger partial charge in [0.2, 0.25) is 21.8 Å². The van der Waals surface area contributed by atoms with Crippen molar-refractivity contribution in [1.82, 2.24) is 34.5 Å². The highest BCUT2D eigenvalue weighted by Gasteiger charge is 2.41. The number of ether oxygens (including phenoxy) is 2. The summed E-state index contributed by atoms with van der Waals surface area (Å²) < 4.78 is 40.9. The molecule has 5 heterocycles. The fraction of sp³-hybridized carbons (Fsp3) is 0.500. The maximum absolute atomic E-state index is 14.7. The van der Waals surface area contributed by atoms with Crippen LogP contribution in [0.5, 0.6) is 0 Å². The molecule has 2 fully saturated rings. The van der Waals surface area contributed by atoms with E-state index in [-0.39, 0.29) is 44.0 Å². The molecule has 3 aliphatic rings. The average molecular weight is 924 g/mol. The zero-order chi connectivity index (χ0) is 47.7. The number of hydrogen-bond acceptors (Lipinski definition) is 10. The van der Waals surface area contributed by atoms with Gasteiger partial charge in [-0.15, -0.1) is 0 Å². The zero-order valence-corrected chi connectivity index (χ0v) is 40.5. The Hall–Kier alpha value is -5.42. The van der Waals surface area contributed by atoms with Gasteiger partial charge in [0.15, 0.2) is 0 Å². The van der Waals surface area contributed by atoms with E-state index in [1.54, 1.807) is 27.3 Å². The molecule has 0 aliphatic carbocycles. The zero-order valence-electron chi connectivity index (χ0n) is 39.7. The van der Waals surface area contributed by atoms with Crippen molar-refractivity contribution in [2.75, 3.05) is 40.4 Å². The minimum atomic E-state index is -3.67. The molecular formula is C50H65N7O8S. The highest BCUT2D eigenvalue weighted by Crippen LogP contribution is 2.41. The first kappa shape index (κ1) is 48.5. The van der Waals surface area contributed by atoms with Gasteiger partial charge in [0.1, 0.15) is 18.1 Å². The van der Waals surface area contributed by atoms with Gasteiger partial charge in [-0.25, -0.2) is 13.8 Å². The molecule has 6 bridgehead atoms. The van der Waals surface area contributed by atoms with Crippen LogP contribution in [0.3, 0.4) is 0 Å². The Morgan fingerprint density at radius 2 is 1.80 bits per heavy atom. The number of cyclic esters (lactones) is 1. The number of amides is 3. The Kier molecular flexibility index (Phi) is 14.6. The molecule has 2 aromatic heterocycles. The second-order valence-electron chi connectivity index (χ2n) is 19.2. The molecular weight excluding hydrogens is 859 g/mol. The highest BCUT2D eigenvalue weighted by molar-refractivity contribution is 7.92. The van der Waals surface area contributed by atoms with Crippen molar-refractivity contribution in [2.24, 2.45) is 24.3 Å². The van der Waals surface area contributed by atoms with Crippen LogP contribution in [-0.4, -0.2) is 114 Å². The van der Waals surface area contributed by atoms with Gasteiger partial charge in [0.05, 0.1) is 30.0 Å². The number of nitrogens with one attached hydrogen (secondary N) is 2. The van der Waals surface area contributed by atoms with E-state index in [4.69, 9.17) is 14.5 Å². The lowest BCUT2D eigenvalue weighted by Gasteiger charge is -2.37. The monoisotopic (exact) mass is 923 g/mol. The predicted octanol–water partition coefficient (Wildman–Crippen LogP) is 5.93. The molecule has 7 rings (SSSR count). The van der Waals surface area contributed by atoms with Gasteiger partial charge in [0.25, 0.3) is 5.91 Å². The van der Waals surface area contributed by atoms with E-state index in [0.717, 1.165) is 55.5 Å². The minimum absolute atomic E-state index is 0.0141. The van der Waals surface area contributed by atoms with Gasteiger partial charge in [-0.05, 0) is 92.0 Å². The molecule has 16 heteroatoms. The second kappa shape index (κ2) is 19.8. The van der Waals surface area contributed by atoms with Crippen molar-refractivity contribution < 1.29 is 37.1 Å². The van der Waals surface area contributed by atoms with Crippen molar-refractivity contribution in [1.29, 1.82) is 0 Å². The first-order valence-corrected chi connectivity index (χ1v) is 24.5. The van der Waals surface area contributed by atoms with Crippen molar-refractivity contribution in [3.63, 3.8) is 0 Å².